The van der Waals surface area contributed by atoms with E-state index in [1.807, 2.05) is 6.92 Å². The molecule has 1 aliphatic heterocycles. The molecule has 0 aliphatic carbocycles. The minimum absolute atomic E-state index is 0.149. The van der Waals surface area contributed by atoms with E-state index in [9.17, 15) is 13.8 Å². The number of amides is 1. The molecule has 2 aromatic carbocycles. The summed E-state index contributed by atoms with van der Waals surface area (Å²) < 4.78 is 53.0. The molecule has 0 saturated carbocycles. The number of carbonyl (C=O) groups excluding carboxylic acids is 2. The summed E-state index contributed by atoms with van der Waals surface area (Å²) in [6.07, 6.45) is -0.268. The first-order valence-electron chi connectivity index (χ1n) is 9.67. The molecule has 2 aromatic rings. The highest BCUT2D eigenvalue weighted by molar-refractivity contribution is 7.85. The van der Waals surface area contributed by atoms with Gasteiger partial charge < -0.3 is 9.47 Å². The van der Waals surface area contributed by atoms with Crippen molar-refractivity contribution >= 4 is 29.2 Å². The van der Waals surface area contributed by atoms with Crippen molar-refractivity contribution in [2.45, 2.75) is 36.4 Å². The molecule has 10 heteroatoms. The number of methoxy groups -OCH3 is 1. The molecule has 32 heavy (non-hydrogen) atoms. The van der Waals surface area contributed by atoms with Gasteiger partial charge in [-0.2, -0.15) is 0 Å². The van der Waals surface area contributed by atoms with E-state index in [4.69, 9.17) is 4.74 Å². The number of aliphatic imine (C=N–C) groups is 1. The fourth-order valence-corrected chi connectivity index (χ4v) is 4.41. The Kier molecular flexibility index (Phi) is 7.34. The molecule has 0 unspecified atom stereocenters. The van der Waals surface area contributed by atoms with Gasteiger partial charge in [-0.1, -0.05) is 48.0 Å². The molecular weight excluding hydrogens is 442 g/mol. The second kappa shape index (κ2) is 9.99. The van der Waals surface area contributed by atoms with Gasteiger partial charge in [-0.15, -0.1) is 0 Å². The summed E-state index contributed by atoms with van der Waals surface area (Å²) in [7, 11) is -0.920. The van der Waals surface area contributed by atoms with Gasteiger partial charge in [0.05, 0.1) is 30.0 Å². The zero-order chi connectivity index (χ0) is 23.3. The zero-order valence-electron chi connectivity index (χ0n) is 17.4. The summed E-state index contributed by atoms with van der Waals surface area (Å²) in [4.78, 5) is 29.0. The number of hydrogen-bond acceptors (Lipinski definition) is 6. The van der Waals surface area contributed by atoms with Gasteiger partial charge in [-0.25, -0.2) is 18.4 Å². The van der Waals surface area contributed by atoms with Crippen molar-refractivity contribution in [1.82, 2.24) is 4.90 Å². The third-order valence-corrected chi connectivity index (χ3v) is 6.33. The number of esters is 1. The molecule has 0 spiro atoms. The predicted octanol–water partition coefficient (Wildman–Crippen LogP) is 3.33. The van der Waals surface area contributed by atoms with Crippen LogP contribution < -0.4 is 0 Å². The number of alkyl halides is 2. The lowest BCUT2D eigenvalue weighted by Crippen LogP contribution is -2.62. The van der Waals surface area contributed by atoms with Crippen LogP contribution in [0.3, 0.4) is 0 Å². The van der Waals surface area contributed by atoms with Gasteiger partial charge in [-0.05, 0) is 24.6 Å². The van der Waals surface area contributed by atoms with Gasteiger partial charge in [0.25, 0.3) is 0 Å². The normalized spacial score (nSPS) is 20.4. The number of rotatable bonds is 6. The van der Waals surface area contributed by atoms with Gasteiger partial charge in [0.15, 0.2) is 0 Å². The van der Waals surface area contributed by atoms with Crippen molar-refractivity contribution < 1.29 is 32.1 Å². The fraction of sp³-hybridized carbons (Fsp3) is 0.318. The Morgan fingerprint density at radius 3 is 2.41 bits per heavy atom. The second-order valence-corrected chi connectivity index (χ2v) is 8.65. The Bertz CT molecular complexity index is 1010. The minimum atomic E-state index is -3.84. The van der Waals surface area contributed by atoms with Crippen LogP contribution in [-0.4, -0.2) is 58.4 Å². The molecule has 7 nitrogen and oxygen atoms in total. The number of hydrogen-bond donors (Lipinski definition) is 0. The third kappa shape index (κ3) is 5.18. The molecule has 0 saturated heterocycles. The first-order chi connectivity index (χ1) is 15.2. The van der Waals surface area contributed by atoms with E-state index >= 15 is 8.78 Å². The average molecular weight is 464 g/mol. The monoisotopic (exact) mass is 464 g/mol. The van der Waals surface area contributed by atoms with Crippen LogP contribution in [0.5, 0.6) is 0 Å². The molecule has 1 aliphatic rings. The van der Waals surface area contributed by atoms with Gasteiger partial charge in [0.2, 0.25) is 6.04 Å². The van der Waals surface area contributed by atoms with Crippen molar-refractivity contribution in [1.29, 1.82) is 0 Å². The van der Waals surface area contributed by atoms with Crippen LogP contribution in [0.4, 0.5) is 13.6 Å². The van der Waals surface area contributed by atoms with E-state index in [1.165, 1.54) is 0 Å². The summed E-state index contributed by atoms with van der Waals surface area (Å²) in [6, 6.07) is 11.1. The van der Waals surface area contributed by atoms with Crippen molar-refractivity contribution in [2.24, 2.45) is 4.99 Å². The second-order valence-electron chi connectivity index (χ2n) is 7.15. The molecule has 0 N–H and O–H groups in total. The minimum Gasteiger partial charge on any atom is -0.467 e. The lowest BCUT2D eigenvalue weighted by atomic mass is 10.0. The van der Waals surface area contributed by atoms with Crippen LogP contribution in [0.2, 0.25) is 0 Å². The van der Waals surface area contributed by atoms with Crippen LogP contribution in [0.1, 0.15) is 11.1 Å². The maximum Gasteiger partial charge on any atom is 0.415 e. The molecule has 170 valence electrons. The van der Waals surface area contributed by atoms with E-state index in [0.29, 0.717) is 15.4 Å². The molecule has 0 fully saturated rings. The first kappa shape index (κ1) is 23.5. The summed E-state index contributed by atoms with van der Waals surface area (Å²) in [5, 5.41) is 0. The van der Waals surface area contributed by atoms with Gasteiger partial charge in [-0.3, -0.25) is 14.1 Å². The van der Waals surface area contributed by atoms with Crippen LogP contribution in [0.25, 0.3) is 0 Å². The number of benzene rings is 2. The predicted molar refractivity (Wildman–Crippen MR) is 114 cm³/mol. The first-order valence-corrected chi connectivity index (χ1v) is 11.0. The van der Waals surface area contributed by atoms with Gasteiger partial charge >= 0.3 is 18.0 Å². The number of halogens is 2. The zero-order valence-corrected chi connectivity index (χ0v) is 18.3. The highest BCUT2D eigenvalue weighted by atomic mass is 32.2. The SMILES string of the molecule is COC(=O)[C@H]1N=CN(C(=O)OCc2ccccc2)[C@H](C[S@](=O)c2ccc(C)cc2)C1(F)F. The molecule has 0 radical (unpaired) electrons. The maximum absolute atomic E-state index is 15.3. The van der Waals surface area contributed by atoms with E-state index in [2.05, 4.69) is 9.73 Å². The van der Waals surface area contributed by atoms with Crippen LogP contribution in [-0.2, 0) is 31.7 Å². The van der Waals surface area contributed by atoms with Crippen LogP contribution >= 0.6 is 0 Å². The van der Waals surface area contributed by atoms with Crippen molar-refractivity contribution in [3.8, 4) is 0 Å². The van der Waals surface area contributed by atoms with E-state index in [0.717, 1.165) is 19.0 Å². The quantitative estimate of drug-likeness (QED) is 0.613. The molecule has 1 amide bonds. The Hall–Kier alpha value is -3.14. The summed E-state index contributed by atoms with van der Waals surface area (Å²) >= 11 is 0. The van der Waals surface area contributed by atoms with Crippen LogP contribution in [0.15, 0.2) is 64.5 Å². The third-order valence-electron chi connectivity index (χ3n) is 4.92. The lowest BCUT2D eigenvalue weighted by Gasteiger charge is -2.38. The standard InChI is InChI=1S/C22H22F2N2O5S/c1-15-8-10-17(11-9-15)32(29)13-18-22(23,24)19(20(27)30-2)25-14-26(18)21(28)31-12-16-6-4-3-5-7-16/h3-11,14,18-19H,12-13H2,1-2H3/t18-,19-,32+/m1/s1. The van der Waals surface area contributed by atoms with Gasteiger partial charge in [0.1, 0.15) is 12.6 Å². The smallest absolute Gasteiger partial charge is 0.415 e. The van der Waals surface area contributed by atoms with Crippen molar-refractivity contribution in [3.05, 3.63) is 65.7 Å². The highest BCUT2D eigenvalue weighted by Crippen LogP contribution is 2.34. The van der Waals surface area contributed by atoms with Crippen LogP contribution in [0, 0.1) is 6.92 Å². The van der Waals surface area contributed by atoms with E-state index in [-0.39, 0.29) is 6.61 Å². The Labute approximate surface area is 186 Å². The molecule has 3 atom stereocenters. The number of carbonyl (C=O) groups is 2. The topological polar surface area (TPSA) is 85.3 Å². The Morgan fingerprint density at radius 2 is 1.78 bits per heavy atom. The van der Waals surface area contributed by atoms with Gasteiger partial charge in [0, 0.05) is 4.90 Å². The molecule has 3 rings (SSSR count). The fourth-order valence-electron chi connectivity index (χ4n) is 3.10. The maximum atomic E-state index is 15.3. The molecule has 1 heterocycles. The van der Waals surface area contributed by atoms with E-state index < -0.39 is 46.6 Å². The molecule has 0 aromatic heterocycles. The highest BCUT2D eigenvalue weighted by Gasteiger charge is 2.57. The number of aryl methyl sites for hydroxylation is 1. The lowest BCUT2D eigenvalue weighted by molar-refractivity contribution is -0.157. The number of ether oxygens (including phenoxy) is 2. The largest absolute Gasteiger partial charge is 0.467 e. The Balaban J connectivity index is 1.86. The molecule has 0 bridgehead atoms. The summed E-state index contributed by atoms with van der Waals surface area (Å²) in [5.74, 6) is -5.72. The molecular formula is C22H22F2N2O5S. The van der Waals surface area contributed by atoms with E-state index in [1.54, 1.807) is 54.6 Å². The Morgan fingerprint density at radius 1 is 1.12 bits per heavy atom. The van der Waals surface area contributed by atoms with Crippen molar-refractivity contribution in [3.63, 3.8) is 0 Å². The number of nitrogens with zero attached hydrogens (tertiary/aromatic N) is 2. The average Bonchev–Trinajstić information content (AvgIpc) is 2.79. The summed E-state index contributed by atoms with van der Waals surface area (Å²) in [6.45, 7) is 1.69. The summed E-state index contributed by atoms with van der Waals surface area (Å²) in [5.41, 5.74) is 1.58. The van der Waals surface area contributed by atoms with Crippen molar-refractivity contribution in [2.75, 3.05) is 12.9 Å².